The Bertz CT molecular complexity index is 349. The van der Waals surface area contributed by atoms with Crippen LogP contribution in [0.2, 0.25) is 0 Å². The third-order valence-electron chi connectivity index (χ3n) is 2.48. The highest BCUT2D eigenvalue weighted by Gasteiger charge is 2.31. The number of alkyl halides is 4. The zero-order chi connectivity index (χ0) is 12.3. The van der Waals surface area contributed by atoms with Crippen LogP contribution in [0.25, 0.3) is 0 Å². The number of aromatic nitrogens is 1. The number of rotatable bonds is 3. The van der Waals surface area contributed by atoms with Crippen molar-refractivity contribution in [3.8, 4) is 0 Å². The molecule has 2 atom stereocenters. The molecule has 0 radical (unpaired) electrons. The van der Waals surface area contributed by atoms with Crippen LogP contribution in [0.4, 0.5) is 13.2 Å². The van der Waals surface area contributed by atoms with Gasteiger partial charge in [0.05, 0.1) is 5.56 Å². The van der Waals surface area contributed by atoms with E-state index in [-0.39, 0.29) is 11.3 Å². The second-order valence-corrected chi connectivity index (χ2v) is 4.35. The minimum absolute atomic E-state index is 0.149. The van der Waals surface area contributed by atoms with Gasteiger partial charge in [-0.15, -0.1) is 11.6 Å². The second kappa shape index (κ2) is 5.04. The van der Waals surface area contributed by atoms with Crippen molar-refractivity contribution in [2.24, 2.45) is 0 Å². The van der Waals surface area contributed by atoms with Crippen molar-refractivity contribution >= 4 is 11.6 Å². The van der Waals surface area contributed by atoms with E-state index in [1.807, 2.05) is 6.92 Å². The Morgan fingerprint density at radius 1 is 1.44 bits per heavy atom. The number of hydrogen-bond donors (Lipinski definition) is 0. The molecular weight excluding hydrogens is 239 g/mol. The predicted octanol–water partition coefficient (Wildman–Crippen LogP) is 4.22. The van der Waals surface area contributed by atoms with Crippen LogP contribution in [0, 0.1) is 0 Å². The van der Waals surface area contributed by atoms with Crippen LogP contribution >= 0.6 is 11.6 Å². The maximum atomic E-state index is 12.5. The van der Waals surface area contributed by atoms with Crippen molar-refractivity contribution in [2.45, 2.75) is 37.7 Å². The molecule has 0 bridgehead atoms. The van der Waals surface area contributed by atoms with E-state index >= 15 is 0 Å². The van der Waals surface area contributed by atoms with Crippen molar-refractivity contribution in [3.05, 3.63) is 29.6 Å². The molecule has 0 fully saturated rings. The molecule has 2 unspecified atom stereocenters. The molecule has 0 saturated carbocycles. The van der Waals surface area contributed by atoms with Crippen LogP contribution in [0.3, 0.4) is 0 Å². The van der Waals surface area contributed by atoms with Gasteiger partial charge in [0.1, 0.15) is 0 Å². The lowest BCUT2D eigenvalue weighted by atomic mass is 9.97. The molecule has 0 aliphatic heterocycles. The molecule has 16 heavy (non-hydrogen) atoms. The minimum Gasteiger partial charge on any atom is -0.261 e. The van der Waals surface area contributed by atoms with Gasteiger partial charge in [-0.1, -0.05) is 6.92 Å². The Morgan fingerprint density at radius 2 is 2.06 bits per heavy atom. The predicted molar refractivity (Wildman–Crippen MR) is 57.6 cm³/mol. The summed E-state index contributed by atoms with van der Waals surface area (Å²) in [6.45, 7) is 3.64. The molecule has 0 aromatic carbocycles. The molecule has 0 N–H and O–H groups in total. The van der Waals surface area contributed by atoms with E-state index in [9.17, 15) is 13.2 Å². The summed E-state index contributed by atoms with van der Waals surface area (Å²) >= 11 is 5.92. The number of pyridine rings is 1. The van der Waals surface area contributed by atoms with Crippen molar-refractivity contribution in [1.29, 1.82) is 0 Å². The zero-order valence-corrected chi connectivity index (χ0v) is 9.81. The number of halogens is 4. The quantitative estimate of drug-likeness (QED) is 0.733. The highest BCUT2D eigenvalue weighted by Crippen LogP contribution is 2.32. The molecule has 0 amide bonds. The third-order valence-corrected chi connectivity index (χ3v) is 2.79. The van der Waals surface area contributed by atoms with E-state index < -0.39 is 11.7 Å². The van der Waals surface area contributed by atoms with Crippen molar-refractivity contribution in [1.82, 2.24) is 4.98 Å². The lowest BCUT2D eigenvalue weighted by molar-refractivity contribution is -0.137. The first kappa shape index (κ1) is 13.3. The lowest BCUT2D eigenvalue weighted by Crippen LogP contribution is -2.13. The SMILES string of the molecule is CCC(c1cc(C(F)(F)F)ccn1)C(C)Cl. The monoisotopic (exact) mass is 251 g/mol. The van der Waals surface area contributed by atoms with Gasteiger partial charge in [0.2, 0.25) is 0 Å². The summed E-state index contributed by atoms with van der Waals surface area (Å²) in [4.78, 5) is 3.96. The average molecular weight is 252 g/mol. The van der Waals surface area contributed by atoms with Crippen LogP contribution in [0.1, 0.15) is 37.4 Å². The first-order valence-electron chi connectivity index (χ1n) is 5.03. The smallest absolute Gasteiger partial charge is 0.261 e. The summed E-state index contributed by atoms with van der Waals surface area (Å²) in [5, 5.41) is -0.235. The fourth-order valence-corrected chi connectivity index (χ4v) is 1.90. The normalized spacial score (nSPS) is 15.9. The standard InChI is InChI=1S/C11H13ClF3N/c1-3-9(7(2)12)10-6-8(4-5-16-10)11(13,14)15/h4-7,9H,3H2,1-2H3. The maximum Gasteiger partial charge on any atom is 0.416 e. The fraction of sp³-hybridized carbons (Fsp3) is 0.545. The van der Waals surface area contributed by atoms with Gasteiger partial charge in [-0.3, -0.25) is 4.98 Å². The van der Waals surface area contributed by atoms with Gasteiger partial charge in [0, 0.05) is 23.2 Å². The highest BCUT2D eigenvalue weighted by molar-refractivity contribution is 6.20. The van der Waals surface area contributed by atoms with E-state index in [1.165, 1.54) is 6.20 Å². The van der Waals surface area contributed by atoms with Gasteiger partial charge in [-0.2, -0.15) is 13.2 Å². The maximum absolute atomic E-state index is 12.5. The Morgan fingerprint density at radius 3 is 2.50 bits per heavy atom. The minimum atomic E-state index is -4.33. The van der Waals surface area contributed by atoms with Crippen molar-refractivity contribution < 1.29 is 13.2 Å². The van der Waals surface area contributed by atoms with E-state index in [0.29, 0.717) is 12.1 Å². The number of nitrogens with zero attached hydrogens (tertiary/aromatic N) is 1. The van der Waals surface area contributed by atoms with E-state index in [2.05, 4.69) is 4.98 Å². The third kappa shape index (κ3) is 3.11. The summed E-state index contributed by atoms with van der Waals surface area (Å²) in [6, 6.07) is 2.04. The van der Waals surface area contributed by atoms with Gasteiger partial charge in [0.15, 0.2) is 0 Å². The average Bonchev–Trinajstić information content (AvgIpc) is 2.17. The molecule has 1 rings (SSSR count). The topological polar surface area (TPSA) is 12.9 Å². The summed E-state index contributed by atoms with van der Waals surface area (Å²) in [7, 11) is 0. The van der Waals surface area contributed by atoms with Gasteiger partial charge in [-0.25, -0.2) is 0 Å². The van der Waals surface area contributed by atoms with Crippen LogP contribution in [-0.2, 0) is 6.18 Å². The van der Waals surface area contributed by atoms with Crippen molar-refractivity contribution in [2.75, 3.05) is 0 Å². The summed E-state index contributed by atoms with van der Waals surface area (Å²) < 4.78 is 37.4. The molecule has 0 spiro atoms. The Labute approximate surface area is 97.6 Å². The van der Waals surface area contributed by atoms with E-state index in [1.54, 1.807) is 6.92 Å². The van der Waals surface area contributed by atoms with Gasteiger partial charge >= 0.3 is 6.18 Å². The second-order valence-electron chi connectivity index (χ2n) is 3.66. The molecule has 5 heteroatoms. The van der Waals surface area contributed by atoms with E-state index in [0.717, 1.165) is 12.1 Å². The van der Waals surface area contributed by atoms with Crippen LogP contribution < -0.4 is 0 Å². The Balaban J connectivity index is 3.07. The van der Waals surface area contributed by atoms with Crippen LogP contribution in [0.15, 0.2) is 18.3 Å². The summed E-state index contributed by atoms with van der Waals surface area (Å²) in [5.41, 5.74) is -0.270. The molecule has 0 saturated heterocycles. The first-order valence-corrected chi connectivity index (χ1v) is 5.47. The summed E-state index contributed by atoms with van der Waals surface area (Å²) in [5.74, 6) is -0.149. The van der Waals surface area contributed by atoms with Crippen molar-refractivity contribution in [3.63, 3.8) is 0 Å². The molecule has 1 aromatic rings. The molecule has 0 aliphatic rings. The fourth-order valence-electron chi connectivity index (χ4n) is 1.60. The van der Waals surface area contributed by atoms with Gasteiger partial charge in [-0.05, 0) is 25.5 Å². The number of hydrogen-bond acceptors (Lipinski definition) is 1. The largest absolute Gasteiger partial charge is 0.416 e. The zero-order valence-electron chi connectivity index (χ0n) is 9.05. The molecule has 0 aliphatic carbocycles. The van der Waals surface area contributed by atoms with Gasteiger partial charge in [0.25, 0.3) is 0 Å². The van der Waals surface area contributed by atoms with Gasteiger partial charge < -0.3 is 0 Å². The van der Waals surface area contributed by atoms with Crippen LogP contribution in [-0.4, -0.2) is 10.4 Å². The molecule has 90 valence electrons. The molecular formula is C11H13ClF3N. The van der Waals surface area contributed by atoms with Crippen LogP contribution in [0.5, 0.6) is 0 Å². The Hall–Kier alpha value is -0.770. The first-order chi connectivity index (χ1) is 7.36. The Kier molecular flexibility index (Phi) is 4.19. The molecule has 1 aromatic heterocycles. The summed E-state index contributed by atoms with van der Waals surface area (Å²) in [6.07, 6.45) is -2.48. The van der Waals surface area contributed by atoms with E-state index in [4.69, 9.17) is 11.6 Å². The lowest BCUT2D eigenvalue weighted by Gasteiger charge is -2.17. The molecule has 1 heterocycles. The molecule has 1 nitrogen and oxygen atoms in total. The highest BCUT2D eigenvalue weighted by atomic mass is 35.5.